The number of hydrogen-bond acceptors (Lipinski definition) is 3. The number of aryl methyl sites for hydroxylation is 1. The molecule has 2 N–H and O–H groups in total. The van der Waals surface area contributed by atoms with Crippen LogP contribution in [-0.2, 0) is 12.8 Å². The molecule has 3 heteroatoms. The highest BCUT2D eigenvalue weighted by Crippen LogP contribution is 2.20. The van der Waals surface area contributed by atoms with Crippen LogP contribution in [0.25, 0.3) is 0 Å². The molecule has 0 saturated heterocycles. The topological polar surface area (TPSA) is 38.9 Å². The Labute approximate surface area is 107 Å². The largest absolute Gasteiger partial charge is 0.399 e. The van der Waals surface area contributed by atoms with E-state index in [1.165, 1.54) is 29.0 Å². The number of thiazole rings is 1. The number of unbranched alkanes of at least 4 members (excludes halogenated alkanes) is 1. The minimum Gasteiger partial charge on any atom is -0.399 e. The molecule has 1 aromatic carbocycles. The average Bonchev–Trinajstić information content (AvgIpc) is 2.77. The summed E-state index contributed by atoms with van der Waals surface area (Å²) < 4.78 is 0. The van der Waals surface area contributed by atoms with Gasteiger partial charge in [-0.2, -0.15) is 0 Å². The number of anilines is 1. The van der Waals surface area contributed by atoms with E-state index in [4.69, 9.17) is 5.73 Å². The van der Waals surface area contributed by atoms with Gasteiger partial charge in [0.1, 0.15) is 0 Å². The molecule has 2 aromatic rings. The lowest BCUT2D eigenvalue weighted by Crippen LogP contribution is -1.93. The minimum atomic E-state index is 0.823. The lowest BCUT2D eigenvalue weighted by molar-refractivity contribution is 0.775. The fourth-order valence-corrected chi connectivity index (χ4v) is 2.65. The van der Waals surface area contributed by atoms with Crippen LogP contribution in [-0.4, -0.2) is 4.98 Å². The van der Waals surface area contributed by atoms with Crippen molar-refractivity contribution < 1.29 is 0 Å². The van der Waals surface area contributed by atoms with Gasteiger partial charge in [-0.3, -0.25) is 0 Å². The van der Waals surface area contributed by atoms with Crippen LogP contribution < -0.4 is 5.73 Å². The van der Waals surface area contributed by atoms with E-state index >= 15 is 0 Å². The Morgan fingerprint density at radius 1 is 1.24 bits per heavy atom. The summed E-state index contributed by atoms with van der Waals surface area (Å²) in [4.78, 5) is 5.85. The van der Waals surface area contributed by atoms with Crippen LogP contribution in [0.3, 0.4) is 0 Å². The van der Waals surface area contributed by atoms with Crippen LogP contribution in [0, 0.1) is 0 Å². The number of nitrogens with two attached hydrogens (primary N) is 1. The molecule has 0 bridgehead atoms. The van der Waals surface area contributed by atoms with E-state index in [0.717, 1.165) is 18.5 Å². The molecule has 0 amide bonds. The van der Waals surface area contributed by atoms with Gasteiger partial charge in [0, 0.05) is 17.0 Å². The molecule has 0 radical (unpaired) electrons. The highest BCUT2D eigenvalue weighted by molar-refractivity contribution is 7.09. The first-order valence-electron chi connectivity index (χ1n) is 6.05. The van der Waals surface area contributed by atoms with E-state index in [1.54, 1.807) is 11.3 Å². The maximum atomic E-state index is 5.69. The van der Waals surface area contributed by atoms with Crippen molar-refractivity contribution in [2.45, 2.75) is 32.6 Å². The van der Waals surface area contributed by atoms with Crippen LogP contribution in [0.1, 0.15) is 35.9 Å². The summed E-state index contributed by atoms with van der Waals surface area (Å²) in [7, 11) is 0. The fourth-order valence-electron chi connectivity index (χ4n) is 1.81. The van der Waals surface area contributed by atoms with Crippen LogP contribution in [0.5, 0.6) is 0 Å². The molecule has 0 spiro atoms. The Morgan fingerprint density at radius 2 is 2.00 bits per heavy atom. The molecule has 0 saturated carbocycles. The van der Waals surface area contributed by atoms with Gasteiger partial charge >= 0.3 is 0 Å². The fraction of sp³-hybridized carbons (Fsp3) is 0.357. The highest BCUT2D eigenvalue weighted by Gasteiger charge is 2.06. The summed E-state index contributed by atoms with van der Waals surface area (Å²) in [6.45, 7) is 2.21. The zero-order valence-corrected chi connectivity index (χ0v) is 11.0. The predicted octanol–water partition coefficient (Wildman–Crippen LogP) is 3.66. The second-order valence-corrected chi connectivity index (χ2v) is 5.18. The van der Waals surface area contributed by atoms with E-state index in [1.807, 2.05) is 17.6 Å². The van der Waals surface area contributed by atoms with Gasteiger partial charge in [0.25, 0.3) is 0 Å². The smallest absolute Gasteiger partial charge is 0.0797 e. The molecular weight excluding hydrogens is 228 g/mol. The molecule has 2 nitrogen and oxygen atoms in total. The molecule has 0 aliphatic heterocycles. The summed E-state index contributed by atoms with van der Waals surface area (Å²) in [5, 5.41) is 0. The van der Waals surface area contributed by atoms with Crippen molar-refractivity contribution in [3.05, 3.63) is 45.9 Å². The van der Waals surface area contributed by atoms with Crippen LogP contribution in [0.4, 0.5) is 5.69 Å². The molecular formula is C14H18N2S. The second-order valence-electron chi connectivity index (χ2n) is 4.24. The summed E-state index contributed by atoms with van der Waals surface area (Å²) >= 11 is 1.76. The van der Waals surface area contributed by atoms with Crippen molar-refractivity contribution in [3.8, 4) is 0 Å². The van der Waals surface area contributed by atoms with Gasteiger partial charge in [-0.05, 0) is 30.5 Å². The molecule has 0 fully saturated rings. The third-order valence-corrected chi connectivity index (χ3v) is 3.71. The Kier molecular flexibility index (Phi) is 4.15. The van der Waals surface area contributed by atoms with Crippen molar-refractivity contribution in [1.29, 1.82) is 0 Å². The Hall–Kier alpha value is -1.35. The number of rotatable bonds is 5. The SMILES string of the molecule is CCCCc1ncsc1Cc1ccc(N)cc1. The van der Waals surface area contributed by atoms with Crippen molar-refractivity contribution in [2.24, 2.45) is 0 Å². The molecule has 0 unspecified atom stereocenters. The van der Waals surface area contributed by atoms with Crippen LogP contribution in [0.15, 0.2) is 29.8 Å². The summed E-state index contributed by atoms with van der Waals surface area (Å²) in [5.41, 5.74) is 11.0. The highest BCUT2D eigenvalue weighted by atomic mass is 32.1. The molecule has 1 aromatic heterocycles. The first-order valence-corrected chi connectivity index (χ1v) is 6.93. The molecule has 0 aliphatic rings. The van der Waals surface area contributed by atoms with Crippen molar-refractivity contribution >= 4 is 17.0 Å². The minimum absolute atomic E-state index is 0.823. The van der Waals surface area contributed by atoms with Gasteiger partial charge in [0.15, 0.2) is 0 Å². The number of aromatic nitrogens is 1. The summed E-state index contributed by atoms with van der Waals surface area (Å²) in [6.07, 6.45) is 4.52. The van der Waals surface area contributed by atoms with Crippen molar-refractivity contribution in [2.75, 3.05) is 5.73 Å². The molecule has 0 aliphatic carbocycles. The summed E-state index contributed by atoms with van der Waals surface area (Å²) in [6, 6.07) is 8.11. The number of nitrogen functional groups attached to an aromatic ring is 1. The molecule has 90 valence electrons. The maximum Gasteiger partial charge on any atom is 0.0797 e. The van der Waals surface area contributed by atoms with Gasteiger partial charge in [-0.1, -0.05) is 25.5 Å². The third-order valence-electron chi connectivity index (χ3n) is 2.84. The zero-order chi connectivity index (χ0) is 12.1. The molecule has 0 atom stereocenters. The number of nitrogens with zero attached hydrogens (tertiary/aromatic N) is 1. The molecule has 17 heavy (non-hydrogen) atoms. The van der Waals surface area contributed by atoms with Crippen molar-refractivity contribution in [1.82, 2.24) is 4.98 Å². The Morgan fingerprint density at radius 3 is 2.71 bits per heavy atom. The van der Waals surface area contributed by atoms with Crippen molar-refractivity contribution in [3.63, 3.8) is 0 Å². The van der Waals surface area contributed by atoms with Gasteiger partial charge in [-0.25, -0.2) is 4.98 Å². The van der Waals surface area contributed by atoms with Gasteiger partial charge in [0.2, 0.25) is 0 Å². The average molecular weight is 246 g/mol. The standard InChI is InChI=1S/C14H18N2S/c1-2-3-4-13-14(17-10-16-13)9-11-5-7-12(15)8-6-11/h5-8,10H,2-4,9,15H2,1H3. The van der Waals surface area contributed by atoms with E-state index in [2.05, 4.69) is 24.0 Å². The summed E-state index contributed by atoms with van der Waals surface area (Å²) in [5.74, 6) is 0. The van der Waals surface area contributed by atoms with E-state index in [-0.39, 0.29) is 0 Å². The molecule has 1 heterocycles. The Bertz CT molecular complexity index is 459. The Balaban J connectivity index is 2.07. The monoisotopic (exact) mass is 246 g/mol. The lowest BCUT2D eigenvalue weighted by atomic mass is 10.1. The van der Waals surface area contributed by atoms with Crippen LogP contribution >= 0.6 is 11.3 Å². The first-order chi connectivity index (χ1) is 8.29. The maximum absolute atomic E-state index is 5.69. The zero-order valence-electron chi connectivity index (χ0n) is 10.1. The lowest BCUT2D eigenvalue weighted by Gasteiger charge is -2.03. The molecule has 2 rings (SSSR count). The van der Waals surface area contributed by atoms with Crippen LogP contribution in [0.2, 0.25) is 0 Å². The quantitative estimate of drug-likeness (QED) is 0.818. The normalized spacial score (nSPS) is 10.6. The van der Waals surface area contributed by atoms with E-state index < -0.39 is 0 Å². The van der Waals surface area contributed by atoms with Gasteiger partial charge < -0.3 is 5.73 Å². The number of benzene rings is 1. The van der Waals surface area contributed by atoms with E-state index in [9.17, 15) is 0 Å². The van der Waals surface area contributed by atoms with E-state index in [0.29, 0.717) is 0 Å². The number of hydrogen-bond donors (Lipinski definition) is 1. The predicted molar refractivity (Wildman–Crippen MR) is 74.4 cm³/mol. The van der Waals surface area contributed by atoms with Gasteiger partial charge in [-0.15, -0.1) is 11.3 Å². The first kappa shape index (κ1) is 12.1. The van der Waals surface area contributed by atoms with Gasteiger partial charge in [0.05, 0.1) is 11.2 Å². The second kappa shape index (κ2) is 5.82. The third kappa shape index (κ3) is 3.30.